The van der Waals surface area contributed by atoms with Crippen molar-refractivity contribution in [2.24, 2.45) is 0 Å². The molecular formula is C26H30N4O4. The highest BCUT2D eigenvalue weighted by atomic mass is 16.6. The Kier molecular flexibility index (Phi) is 6.04. The maximum atomic E-state index is 13.2. The van der Waals surface area contributed by atoms with Crippen LogP contribution in [0.1, 0.15) is 35.2 Å². The average molecular weight is 463 g/mol. The minimum absolute atomic E-state index is 0.0278. The van der Waals surface area contributed by atoms with Crippen molar-refractivity contribution in [3.05, 3.63) is 60.2 Å². The standard InChI is InChI=1S/C26H30N4O4/c1-3-22(31)29-12-5-4-9-19(16-29)30-23-20(10-11-21-24(23)34-14-13-33-21)27-26(30)28-25(32)18-8-6-7-17(2)15-18/h3,6-8,10-11,15,19,26-27H,1,4-5,9,12-14,16H2,2H3,(H,28,32)/t19-,26?/m1/s1. The van der Waals surface area contributed by atoms with E-state index in [0.717, 1.165) is 36.2 Å². The fraction of sp³-hybridized carbons (Fsp3) is 0.385. The molecule has 8 nitrogen and oxygen atoms in total. The summed E-state index contributed by atoms with van der Waals surface area (Å²) in [5.74, 6) is 1.12. The van der Waals surface area contributed by atoms with Gasteiger partial charge in [0, 0.05) is 18.7 Å². The predicted molar refractivity (Wildman–Crippen MR) is 130 cm³/mol. The number of fused-ring (bicyclic) bond motifs is 3. The third-order valence-corrected chi connectivity index (χ3v) is 6.59. The van der Waals surface area contributed by atoms with Gasteiger partial charge >= 0.3 is 0 Å². The molecule has 34 heavy (non-hydrogen) atoms. The first-order chi connectivity index (χ1) is 16.5. The third kappa shape index (κ3) is 4.16. The van der Waals surface area contributed by atoms with E-state index in [4.69, 9.17) is 9.47 Å². The van der Waals surface area contributed by atoms with Crippen LogP contribution < -0.4 is 25.0 Å². The Morgan fingerprint density at radius 1 is 1.18 bits per heavy atom. The van der Waals surface area contributed by atoms with Crippen LogP contribution in [-0.4, -0.2) is 55.3 Å². The first kappa shape index (κ1) is 22.1. The third-order valence-electron chi connectivity index (χ3n) is 6.59. The number of nitrogens with one attached hydrogen (secondary N) is 2. The van der Waals surface area contributed by atoms with Crippen molar-refractivity contribution >= 4 is 23.2 Å². The zero-order valence-corrected chi connectivity index (χ0v) is 19.4. The molecule has 2 N–H and O–H groups in total. The minimum Gasteiger partial charge on any atom is -0.486 e. The number of hydrogen-bond acceptors (Lipinski definition) is 6. The molecule has 3 aliphatic rings. The van der Waals surface area contributed by atoms with E-state index in [1.807, 2.05) is 48.2 Å². The normalized spacial score (nSPS) is 21.2. The van der Waals surface area contributed by atoms with Crippen molar-refractivity contribution < 1.29 is 19.1 Å². The smallest absolute Gasteiger partial charge is 0.254 e. The van der Waals surface area contributed by atoms with Crippen LogP contribution >= 0.6 is 0 Å². The molecule has 3 heterocycles. The monoisotopic (exact) mass is 462 g/mol. The molecule has 0 radical (unpaired) electrons. The number of benzene rings is 2. The molecule has 1 fully saturated rings. The van der Waals surface area contributed by atoms with Crippen molar-refractivity contribution in [1.82, 2.24) is 10.2 Å². The first-order valence-corrected chi connectivity index (χ1v) is 11.8. The molecule has 0 spiro atoms. The highest BCUT2D eigenvalue weighted by molar-refractivity contribution is 5.96. The Morgan fingerprint density at radius 2 is 2.03 bits per heavy atom. The van der Waals surface area contributed by atoms with Gasteiger partial charge in [0.25, 0.3) is 5.91 Å². The summed E-state index contributed by atoms with van der Waals surface area (Å²) in [4.78, 5) is 29.7. The number of nitrogens with zero attached hydrogens (tertiary/aromatic N) is 2. The largest absolute Gasteiger partial charge is 0.486 e. The highest BCUT2D eigenvalue weighted by Crippen LogP contribution is 2.49. The Bertz CT molecular complexity index is 1120. The first-order valence-electron chi connectivity index (χ1n) is 11.8. The number of likely N-dealkylation sites (tertiary alicyclic amines) is 1. The minimum atomic E-state index is -0.496. The van der Waals surface area contributed by atoms with Gasteiger partial charge in [0.15, 0.2) is 17.8 Å². The van der Waals surface area contributed by atoms with Gasteiger partial charge in [-0.15, -0.1) is 0 Å². The number of rotatable bonds is 4. The summed E-state index contributed by atoms with van der Waals surface area (Å²) < 4.78 is 11.9. The molecule has 0 aliphatic carbocycles. The summed E-state index contributed by atoms with van der Waals surface area (Å²) in [6, 6.07) is 11.3. The molecule has 1 unspecified atom stereocenters. The van der Waals surface area contributed by atoms with Crippen LogP contribution in [0.15, 0.2) is 49.1 Å². The Labute approximate surface area is 199 Å². The van der Waals surface area contributed by atoms with E-state index in [1.165, 1.54) is 6.08 Å². The quantitative estimate of drug-likeness (QED) is 0.679. The molecule has 2 amide bonds. The number of aryl methyl sites for hydroxylation is 1. The second-order valence-electron chi connectivity index (χ2n) is 8.92. The zero-order valence-electron chi connectivity index (χ0n) is 19.4. The molecule has 0 aromatic heterocycles. The summed E-state index contributed by atoms with van der Waals surface area (Å²) in [6.45, 7) is 7.82. The van der Waals surface area contributed by atoms with Crippen LogP contribution in [0.3, 0.4) is 0 Å². The van der Waals surface area contributed by atoms with Crippen LogP contribution in [0, 0.1) is 6.92 Å². The van der Waals surface area contributed by atoms with Gasteiger partial charge in [-0.1, -0.05) is 24.3 Å². The van der Waals surface area contributed by atoms with Crippen LogP contribution in [0.4, 0.5) is 11.4 Å². The average Bonchev–Trinajstić information content (AvgIpc) is 3.04. The van der Waals surface area contributed by atoms with E-state index in [-0.39, 0.29) is 17.9 Å². The molecule has 2 aromatic rings. The lowest BCUT2D eigenvalue weighted by molar-refractivity contribution is -0.126. The molecular weight excluding hydrogens is 432 g/mol. The number of carbonyl (C=O) groups excluding carboxylic acids is 2. The molecule has 178 valence electrons. The lowest BCUT2D eigenvalue weighted by Gasteiger charge is -2.37. The fourth-order valence-corrected chi connectivity index (χ4v) is 4.99. The van der Waals surface area contributed by atoms with Crippen LogP contribution in [0.5, 0.6) is 11.5 Å². The van der Waals surface area contributed by atoms with E-state index in [1.54, 1.807) is 0 Å². The summed E-state index contributed by atoms with van der Waals surface area (Å²) in [7, 11) is 0. The second kappa shape index (κ2) is 9.29. The van der Waals surface area contributed by atoms with E-state index in [0.29, 0.717) is 43.4 Å². The van der Waals surface area contributed by atoms with Crippen molar-refractivity contribution in [3.8, 4) is 11.5 Å². The predicted octanol–water partition coefficient (Wildman–Crippen LogP) is 3.28. The molecule has 1 saturated heterocycles. The van der Waals surface area contributed by atoms with Crippen molar-refractivity contribution in [2.45, 2.75) is 38.5 Å². The topological polar surface area (TPSA) is 83.1 Å². The summed E-state index contributed by atoms with van der Waals surface area (Å²) >= 11 is 0. The number of hydrogen-bond donors (Lipinski definition) is 2. The van der Waals surface area contributed by atoms with Crippen LogP contribution in [-0.2, 0) is 4.79 Å². The van der Waals surface area contributed by atoms with Crippen LogP contribution in [0.2, 0.25) is 0 Å². The maximum Gasteiger partial charge on any atom is 0.254 e. The SMILES string of the molecule is C=CC(=O)N1CCCC[C@@H](N2c3c(ccc4c3OCCO4)NC2NC(=O)c2cccc(C)c2)C1. The van der Waals surface area contributed by atoms with E-state index >= 15 is 0 Å². The lowest BCUT2D eigenvalue weighted by atomic mass is 10.1. The summed E-state index contributed by atoms with van der Waals surface area (Å²) in [5.41, 5.74) is 3.35. The molecule has 5 rings (SSSR count). The van der Waals surface area contributed by atoms with Gasteiger partial charge in [0.2, 0.25) is 5.91 Å². The van der Waals surface area contributed by atoms with E-state index in [2.05, 4.69) is 22.1 Å². The lowest BCUT2D eigenvalue weighted by Crippen LogP contribution is -2.56. The molecule has 2 atom stereocenters. The number of carbonyl (C=O) groups is 2. The number of amides is 2. The molecule has 2 aromatic carbocycles. The van der Waals surface area contributed by atoms with Crippen molar-refractivity contribution in [2.75, 3.05) is 36.5 Å². The van der Waals surface area contributed by atoms with Gasteiger partial charge in [-0.3, -0.25) is 9.59 Å². The van der Waals surface area contributed by atoms with Gasteiger partial charge in [-0.2, -0.15) is 0 Å². The van der Waals surface area contributed by atoms with Crippen molar-refractivity contribution in [3.63, 3.8) is 0 Å². The zero-order chi connectivity index (χ0) is 23.7. The van der Waals surface area contributed by atoms with Gasteiger partial charge in [-0.05, 0) is 56.5 Å². The molecule has 8 heteroatoms. The molecule has 0 saturated carbocycles. The van der Waals surface area contributed by atoms with E-state index < -0.39 is 6.29 Å². The van der Waals surface area contributed by atoms with Gasteiger partial charge < -0.3 is 29.9 Å². The number of ether oxygens (including phenoxy) is 2. The summed E-state index contributed by atoms with van der Waals surface area (Å²) in [6.07, 6.45) is 3.65. The van der Waals surface area contributed by atoms with E-state index in [9.17, 15) is 9.59 Å². The second-order valence-corrected chi connectivity index (χ2v) is 8.92. The van der Waals surface area contributed by atoms with Crippen molar-refractivity contribution in [1.29, 1.82) is 0 Å². The Balaban J connectivity index is 1.51. The van der Waals surface area contributed by atoms with Gasteiger partial charge in [-0.25, -0.2) is 0 Å². The summed E-state index contributed by atoms with van der Waals surface area (Å²) in [5, 5.41) is 6.62. The molecule has 0 bridgehead atoms. The highest BCUT2D eigenvalue weighted by Gasteiger charge is 2.40. The Morgan fingerprint density at radius 3 is 2.85 bits per heavy atom. The van der Waals surface area contributed by atoms with Crippen LogP contribution in [0.25, 0.3) is 0 Å². The molecule has 3 aliphatic heterocycles. The number of anilines is 2. The fourth-order valence-electron chi connectivity index (χ4n) is 4.99. The Hall–Kier alpha value is -3.68. The van der Waals surface area contributed by atoms with Gasteiger partial charge in [0.05, 0.1) is 11.7 Å². The van der Waals surface area contributed by atoms with Gasteiger partial charge in [0.1, 0.15) is 18.9 Å². The maximum absolute atomic E-state index is 13.2.